The van der Waals surface area contributed by atoms with Gasteiger partial charge in [-0.1, -0.05) is 0 Å². The minimum atomic E-state index is -5.51. The first-order valence-electron chi connectivity index (χ1n) is 11.4. The number of ether oxygens (including phenoxy) is 3. The summed E-state index contributed by atoms with van der Waals surface area (Å²) in [5, 5.41) is 30.6. The normalized spacial score (nSPS) is 32.9. The van der Waals surface area contributed by atoms with Gasteiger partial charge < -0.3 is 64.6 Å². The summed E-state index contributed by atoms with van der Waals surface area (Å²) >= 11 is 0. The molecule has 4 rings (SSSR count). The number of aromatic nitrogens is 4. The van der Waals surface area contributed by atoms with Crippen molar-refractivity contribution in [2.24, 2.45) is 0 Å². The Morgan fingerprint density at radius 2 is 1.36 bits per heavy atom. The fourth-order valence-corrected chi connectivity index (χ4v) is 6.12. The molecule has 2 aromatic rings. The first-order chi connectivity index (χ1) is 19.4. The molecule has 0 radical (unpaired) electrons. The fourth-order valence-electron chi connectivity index (χ4n) is 4.44. The van der Waals surface area contributed by atoms with Gasteiger partial charge in [-0.2, -0.15) is 0 Å². The first-order valence-corrected chi connectivity index (χ1v) is 16.0. The van der Waals surface area contributed by atoms with Gasteiger partial charge in [0.1, 0.15) is 54.6 Å². The van der Waals surface area contributed by atoms with E-state index in [1.807, 2.05) is 0 Å². The molecule has 4 heterocycles. The Balaban J connectivity index is 1.71. The van der Waals surface area contributed by atoms with Crippen molar-refractivity contribution in [3.63, 3.8) is 0 Å². The van der Waals surface area contributed by atoms with Crippen LogP contribution in [-0.2, 0) is 41.5 Å². The van der Waals surface area contributed by atoms with Crippen LogP contribution in [0.5, 0.6) is 0 Å². The van der Waals surface area contributed by atoms with Crippen molar-refractivity contribution < 1.29 is 86.2 Å². The van der Waals surface area contributed by atoms with E-state index in [4.69, 9.17) is 24.5 Å². The molecule has 0 aliphatic carbocycles. The molecule has 42 heavy (non-hydrogen) atoms. The van der Waals surface area contributed by atoms with E-state index in [0.717, 1.165) is 17.2 Å². The largest absolute Gasteiger partial charge is 0.470 e. The molecular formula is C16H26N5O18P3. The zero-order valence-corrected chi connectivity index (χ0v) is 23.4. The van der Waals surface area contributed by atoms with Crippen LogP contribution in [0.2, 0.25) is 0 Å². The summed E-state index contributed by atoms with van der Waals surface area (Å²) in [6.07, 6.45) is -15.4. The van der Waals surface area contributed by atoms with Crippen LogP contribution in [0.25, 0.3) is 11.2 Å². The quantitative estimate of drug-likeness (QED) is 0.102. The van der Waals surface area contributed by atoms with Gasteiger partial charge in [0.15, 0.2) is 24.0 Å². The summed E-state index contributed by atoms with van der Waals surface area (Å²) in [5.74, 6) is -0.0624. The minimum Gasteiger partial charge on any atom is -0.394 e. The first kappa shape index (κ1) is 33.3. The van der Waals surface area contributed by atoms with Crippen LogP contribution in [0.15, 0.2) is 12.7 Å². The third-order valence-corrected chi connectivity index (χ3v) is 7.54. The lowest BCUT2D eigenvalue weighted by atomic mass is 9.99. The van der Waals surface area contributed by atoms with Crippen LogP contribution in [-0.4, -0.2) is 126 Å². The number of hydrogen-bond donors (Lipinski definition) is 10. The number of imidazole rings is 1. The molecule has 23 nitrogen and oxygen atoms in total. The highest BCUT2D eigenvalue weighted by Gasteiger charge is 2.56. The molecule has 0 bridgehead atoms. The molecule has 2 fully saturated rings. The van der Waals surface area contributed by atoms with E-state index in [9.17, 15) is 58.4 Å². The van der Waals surface area contributed by atoms with Gasteiger partial charge in [0.25, 0.3) is 0 Å². The van der Waals surface area contributed by atoms with Gasteiger partial charge in [-0.3, -0.25) is 18.1 Å². The van der Waals surface area contributed by atoms with Crippen LogP contribution >= 0.6 is 23.5 Å². The van der Waals surface area contributed by atoms with E-state index < -0.39 is 91.9 Å². The lowest BCUT2D eigenvalue weighted by Gasteiger charge is -2.44. The molecule has 2 aliphatic rings. The Morgan fingerprint density at radius 1 is 0.810 bits per heavy atom. The molecule has 2 aliphatic heterocycles. The SMILES string of the molecule is Nc1ncnc2c1ncn2C1O[C@H](CO)[C@H](O[C@@H]2OC(CO)[C@H](OP(=O)(O)O)C(OP(=O)(O)O)[C@@H]2O)[C@@H]1OP(=O)(O)O. The molecule has 0 aromatic carbocycles. The van der Waals surface area contributed by atoms with Crippen LogP contribution in [0, 0.1) is 0 Å². The Morgan fingerprint density at radius 3 is 1.93 bits per heavy atom. The third-order valence-electron chi connectivity index (χ3n) is 5.99. The number of nitrogens with zero attached hydrogens (tertiary/aromatic N) is 4. The number of fused-ring (bicyclic) bond motifs is 1. The van der Waals surface area contributed by atoms with Crippen molar-refractivity contribution in [3.8, 4) is 0 Å². The van der Waals surface area contributed by atoms with Crippen LogP contribution in [0.3, 0.4) is 0 Å². The van der Waals surface area contributed by atoms with Gasteiger partial charge in [-0.15, -0.1) is 0 Å². The molecule has 0 spiro atoms. The number of rotatable bonds is 11. The van der Waals surface area contributed by atoms with Crippen molar-refractivity contribution in [1.29, 1.82) is 0 Å². The average molecular weight is 669 g/mol. The van der Waals surface area contributed by atoms with E-state index in [2.05, 4.69) is 24.0 Å². The highest BCUT2D eigenvalue weighted by molar-refractivity contribution is 7.46. The Labute approximate surface area is 233 Å². The summed E-state index contributed by atoms with van der Waals surface area (Å²) in [7, 11) is -16.3. The summed E-state index contributed by atoms with van der Waals surface area (Å²) in [6, 6.07) is 0. The monoisotopic (exact) mass is 669 g/mol. The van der Waals surface area contributed by atoms with Crippen molar-refractivity contribution in [2.45, 2.75) is 55.2 Å². The molecular weight excluding hydrogens is 643 g/mol. The average Bonchev–Trinajstić information content (AvgIpc) is 3.42. The van der Waals surface area contributed by atoms with E-state index in [1.54, 1.807) is 0 Å². The molecule has 3 unspecified atom stereocenters. The van der Waals surface area contributed by atoms with Crippen molar-refractivity contribution >= 4 is 40.4 Å². The van der Waals surface area contributed by atoms with Crippen molar-refractivity contribution in [3.05, 3.63) is 12.7 Å². The molecule has 26 heteroatoms. The summed E-state index contributed by atoms with van der Waals surface area (Å²) in [5.41, 5.74) is 5.84. The molecule has 238 valence electrons. The Hall–Kier alpha value is -1.56. The second kappa shape index (κ2) is 12.4. The maximum atomic E-state index is 11.9. The van der Waals surface area contributed by atoms with Gasteiger partial charge in [-0.05, 0) is 0 Å². The zero-order valence-electron chi connectivity index (χ0n) is 20.7. The smallest absolute Gasteiger partial charge is 0.394 e. The van der Waals surface area contributed by atoms with E-state index in [0.29, 0.717) is 0 Å². The van der Waals surface area contributed by atoms with Crippen LogP contribution < -0.4 is 5.73 Å². The lowest BCUT2D eigenvalue weighted by Crippen LogP contribution is -2.61. The van der Waals surface area contributed by atoms with Crippen molar-refractivity contribution in [2.75, 3.05) is 18.9 Å². The van der Waals surface area contributed by atoms with Crippen molar-refractivity contribution in [1.82, 2.24) is 19.5 Å². The predicted octanol–water partition coefficient (Wildman–Crippen LogP) is -3.80. The second-order valence-electron chi connectivity index (χ2n) is 8.83. The van der Waals surface area contributed by atoms with Crippen LogP contribution in [0.4, 0.5) is 5.82 Å². The van der Waals surface area contributed by atoms with Gasteiger partial charge in [0.2, 0.25) is 0 Å². The summed E-state index contributed by atoms with van der Waals surface area (Å²) < 4.78 is 66.6. The number of nitrogens with two attached hydrogens (primary N) is 1. The standard InChI is InChI=1S/C16H26N5O18P3/c17-13-7-14(19-3-18-13)21(4-20-7)15-12(39-42(31,32)33)9(5(1-22)34-15)36-16-8(24)11(38-41(28,29)30)10(6(2-23)35-16)37-40(25,26)27/h3-6,8-12,15-16,22-24H,1-2H2,(H2,17,18,19)(H2,25,26,27)(H2,28,29,30)(H2,31,32,33)/t5-,6?,8+,9+,10+,11?,12+,15?,16+/m1/s1. The number of hydrogen-bond acceptors (Lipinski definition) is 16. The van der Waals surface area contributed by atoms with Gasteiger partial charge in [0, 0.05) is 0 Å². The molecule has 9 atom stereocenters. The van der Waals surface area contributed by atoms with Gasteiger partial charge in [0.05, 0.1) is 19.5 Å². The fraction of sp³-hybridized carbons (Fsp3) is 0.688. The molecule has 11 N–H and O–H groups in total. The number of aliphatic hydroxyl groups is 3. The maximum Gasteiger partial charge on any atom is 0.470 e. The van der Waals surface area contributed by atoms with E-state index >= 15 is 0 Å². The number of anilines is 1. The lowest BCUT2D eigenvalue weighted by molar-refractivity contribution is -0.313. The summed E-state index contributed by atoms with van der Waals surface area (Å²) in [6.45, 7) is -2.03. The third kappa shape index (κ3) is 7.56. The predicted molar refractivity (Wildman–Crippen MR) is 128 cm³/mol. The molecule has 2 saturated heterocycles. The molecule has 0 amide bonds. The second-order valence-corrected chi connectivity index (χ2v) is 12.4. The number of phosphoric ester groups is 3. The van der Waals surface area contributed by atoms with Crippen LogP contribution in [0.1, 0.15) is 6.23 Å². The molecule has 2 aromatic heterocycles. The topological polar surface area (TPSA) is 358 Å². The summed E-state index contributed by atoms with van der Waals surface area (Å²) in [4.78, 5) is 68.1. The van der Waals surface area contributed by atoms with Gasteiger partial charge in [-0.25, -0.2) is 28.6 Å². The van der Waals surface area contributed by atoms with E-state index in [1.165, 1.54) is 0 Å². The highest BCUT2D eigenvalue weighted by atomic mass is 31.2. The Kier molecular flexibility index (Phi) is 9.88. The minimum absolute atomic E-state index is 0.00554. The number of nitrogen functional groups attached to an aromatic ring is 1. The maximum absolute atomic E-state index is 11.9. The molecule has 0 saturated carbocycles. The highest BCUT2D eigenvalue weighted by Crippen LogP contribution is 2.49. The zero-order chi connectivity index (χ0) is 31.2. The number of phosphoric acid groups is 3. The van der Waals surface area contributed by atoms with E-state index in [-0.39, 0.29) is 17.0 Å². The Bertz CT molecular complexity index is 1400. The number of aliphatic hydroxyl groups excluding tert-OH is 3. The van der Waals surface area contributed by atoms with Gasteiger partial charge >= 0.3 is 23.5 Å².